The molecule has 2 heterocycles. The van der Waals surface area contributed by atoms with Gasteiger partial charge in [-0.15, -0.1) is 0 Å². The summed E-state index contributed by atoms with van der Waals surface area (Å²) < 4.78 is 29.3. The smallest absolute Gasteiger partial charge is 0.282 e. The van der Waals surface area contributed by atoms with Gasteiger partial charge in [-0.3, -0.25) is 0 Å². The summed E-state index contributed by atoms with van der Waals surface area (Å²) in [6, 6.07) is 0.281. The van der Waals surface area contributed by atoms with Crippen LogP contribution >= 0.6 is 0 Å². The van der Waals surface area contributed by atoms with Crippen LogP contribution < -0.4 is 5.32 Å². The minimum atomic E-state index is -3.22. The van der Waals surface area contributed by atoms with E-state index in [1.807, 2.05) is 4.31 Å². The third-order valence-electron chi connectivity index (χ3n) is 4.73. The van der Waals surface area contributed by atoms with E-state index in [2.05, 4.69) is 5.32 Å². The van der Waals surface area contributed by atoms with E-state index in [9.17, 15) is 8.42 Å². The molecule has 116 valence electrons. The zero-order valence-corrected chi connectivity index (χ0v) is 13.1. The van der Waals surface area contributed by atoms with Gasteiger partial charge in [0.1, 0.15) is 0 Å². The Kier molecular flexibility index (Phi) is 4.65. The summed E-state index contributed by atoms with van der Waals surface area (Å²) in [5, 5.41) is 3.40. The van der Waals surface area contributed by atoms with Crippen molar-refractivity contribution >= 4 is 10.2 Å². The molecule has 1 atom stereocenters. The minimum Gasteiger partial charge on any atom is -0.316 e. The number of hydrogen-bond acceptors (Lipinski definition) is 3. The molecule has 0 aromatic heterocycles. The molecule has 1 N–H and O–H groups in total. The van der Waals surface area contributed by atoms with Gasteiger partial charge in [-0.2, -0.15) is 17.0 Å². The van der Waals surface area contributed by atoms with Crippen LogP contribution in [0.1, 0.15) is 44.9 Å². The van der Waals surface area contributed by atoms with Gasteiger partial charge in [-0.1, -0.05) is 6.42 Å². The highest BCUT2D eigenvalue weighted by atomic mass is 32.2. The molecule has 1 aliphatic carbocycles. The Morgan fingerprint density at radius 3 is 2.40 bits per heavy atom. The highest BCUT2D eigenvalue weighted by Gasteiger charge is 2.41. The monoisotopic (exact) mass is 301 g/mol. The van der Waals surface area contributed by atoms with Gasteiger partial charge in [0.25, 0.3) is 10.2 Å². The lowest BCUT2D eigenvalue weighted by Crippen LogP contribution is -2.49. The molecule has 0 aromatic rings. The van der Waals surface area contributed by atoms with Crippen molar-refractivity contribution in [2.24, 2.45) is 5.92 Å². The quantitative estimate of drug-likeness (QED) is 0.829. The second-order valence-electron chi connectivity index (χ2n) is 6.48. The molecular formula is C14H27N3O2S. The maximum Gasteiger partial charge on any atom is 0.282 e. The van der Waals surface area contributed by atoms with Crippen LogP contribution in [0.5, 0.6) is 0 Å². The van der Waals surface area contributed by atoms with Crippen LogP contribution in [0.15, 0.2) is 0 Å². The summed E-state index contributed by atoms with van der Waals surface area (Å²) >= 11 is 0. The van der Waals surface area contributed by atoms with E-state index in [1.165, 1.54) is 12.8 Å². The standard InChI is InChI=1S/C14H27N3O2S/c18-20(19,16-9-2-1-3-10-16)17(14-6-7-14)12-13-5-4-8-15-11-13/h13-15H,1-12H2. The van der Waals surface area contributed by atoms with Crippen LogP contribution in [-0.2, 0) is 10.2 Å². The van der Waals surface area contributed by atoms with Gasteiger partial charge >= 0.3 is 0 Å². The van der Waals surface area contributed by atoms with Crippen molar-refractivity contribution in [1.82, 2.24) is 13.9 Å². The number of nitrogens with zero attached hydrogens (tertiary/aromatic N) is 2. The fourth-order valence-electron chi connectivity index (χ4n) is 3.37. The van der Waals surface area contributed by atoms with Crippen molar-refractivity contribution < 1.29 is 8.42 Å². The van der Waals surface area contributed by atoms with Crippen LogP contribution in [0.25, 0.3) is 0 Å². The van der Waals surface area contributed by atoms with E-state index >= 15 is 0 Å². The van der Waals surface area contributed by atoms with Crippen LogP contribution in [-0.4, -0.2) is 55.8 Å². The molecule has 5 nitrogen and oxygen atoms in total. The highest BCUT2D eigenvalue weighted by molar-refractivity contribution is 7.86. The largest absolute Gasteiger partial charge is 0.316 e. The maximum atomic E-state index is 12.9. The van der Waals surface area contributed by atoms with E-state index in [0.29, 0.717) is 19.0 Å². The Hall–Kier alpha value is -0.170. The van der Waals surface area contributed by atoms with Gasteiger partial charge in [0.05, 0.1) is 0 Å². The summed E-state index contributed by atoms with van der Waals surface area (Å²) in [5.41, 5.74) is 0. The molecule has 3 rings (SSSR count). The lowest BCUT2D eigenvalue weighted by atomic mass is 10.00. The first-order valence-electron chi connectivity index (χ1n) is 8.15. The average Bonchev–Trinajstić information content (AvgIpc) is 3.31. The summed E-state index contributed by atoms with van der Waals surface area (Å²) in [7, 11) is -3.22. The van der Waals surface area contributed by atoms with E-state index in [4.69, 9.17) is 0 Å². The van der Waals surface area contributed by atoms with E-state index in [-0.39, 0.29) is 6.04 Å². The molecular weight excluding hydrogens is 274 g/mol. The Morgan fingerprint density at radius 1 is 1.05 bits per heavy atom. The van der Waals surface area contributed by atoms with Crippen molar-refractivity contribution in [3.05, 3.63) is 0 Å². The Balaban J connectivity index is 1.68. The van der Waals surface area contributed by atoms with Crippen molar-refractivity contribution in [2.75, 3.05) is 32.7 Å². The van der Waals surface area contributed by atoms with Crippen LogP contribution in [0.2, 0.25) is 0 Å². The fourth-order valence-corrected chi connectivity index (χ4v) is 5.38. The van der Waals surface area contributed by atoms with E-state index in [1.54, 1.807) is 4.31 Å². The summed E-state index contributed by atoms with van der Waals surface area (Å²) in [5.74, 6) is 0.490. The Bertz CT molecular complexity index is 410. The molecule has 0 spiro atoms. The number of piperidine rings is 2. The van der Waals surface area contributed by atoms with Gasteiger partial charge in [0.2, 0.25) is 0 Å². The fraction of sp³-hybridized carbons (Fsp3) is 1.00. The molecule has 20 heavy (non-hydrogen) atoms. The molecule has 0 amide bonds. The first kappa shape index (κ1) is 14.8. The molecule has 0 aromatic carbocycles. The SMILES string of the molecule is O=S(=O)(N1CCCCC1)N(CC1CCCNC1)C1CC1. The lowest BCUT2D eigenvalue weighted by molar-refractivity contribution is 0.256. The van der Waals surface area contributed by atoms with Gasteiger partial charge < -0.3 is 5.32 Å². The van der Waals surface area contributed by atoms with Gasteiger partial charge in [0.15, 0.2) is 0 Å². The molecule has 2 aliphatic heterocycles. The van der Waals surface area contributed by atoms with Gasteiger partial charge in [0, 0.05) is 25.7 Å². The molecule has 1 unspecified atom stereocenters. The Labute approximate surface area is 122 Å². The predicted molar refractivity (Wildman–Crippen MR) is 79.7 cm³/mol. The third-order valence-corrected chi connectivity index (χ3v) is 6.79. The topological polar surface area (TPSA) is 52.7 Å². The molecule has 3 fully saturated rings. The second kappa shape index (κ2) is 6.30. The summed E-state index contributed by atoms with van der Waals surface area (Å²) in [4.78, 5) is 0. The normalized spacial score (nSPS) is 29.8. The van der Waals surface area contributed by atoms with Crippen molar-refractivity contribution in [3.63, 3.8) is 0 Å². The molecule has 2 saturated heterocycles. The number of rotatable bonds is 5. The van der Waals surface area contributed by atoms with Gasteiger partial charge in [-0.05, 0) is 57.5 Å². The second-order valence-corrected chi connectivity index (χ2v) is 8.36. The van der Waals surface area contributed by atoms with Crippen molar-refractivity contribution in [3.8, 4) is 0 Å². The number of hydrogen-bond donors (Lipinski definition) is 1. The first-order valence-corrected chi connectivity index (χ1v) is 9.55. The highest BCUT2D eigenvalue weighted by Crippen LogP contribution is 2.32. The minimum absolute atomic E-state index is 0.281. The molecule has 0 bridgehead atoms. The molecule has 1 saturated carbocycles. The third kappa shape index (κ3) is 3.35. The van der Waals surface area contributed by atoms with Crippen molar-refractivity contribution in [2.45, 2.75) is 51.0 Å². The zero-order chi connectivity index (χ0) is 14.0. The molecule has 0 radical (unpaired) electrons. The summed E-state index contributed by atoms with van der Waals surface area (Å²) in [6.07, 6.45) is 7.63. The van der Waals surface area contributed by atoms with Crippen LogP contribution in [0.4, 0.5) is 0 Å². The first-order chi connectivity index (χ1) is 9.68. The van der Waals surface area contributed by atoms with Gasteiger partial charge in [-0.25, -0.2) is 0 Å². The molecule has 6 heteroatoms. The van der Waals surface area contributed by atoms with E-state index < -0.39 is 10.2 Å². The summed E-state index contributed by atoms with van der Waals surface area (Å²) in [6.45, 7) is 4.21. The predicted octanol–water partition coefficient (Wildman–Crippen LogP) is 1.18. The van der Waals surface area contributed by atoms with Crippen LogP contribution in [0.3, 0.4) is 0 Å². The van der Waals surface area contributed by atoms with Crippen molar-refractivity contribution in [1.29, 1.82) is 0 Å². The maximum absolute atomic E-state index is 12.9. The lowest BCUT2D eigenvalue weighted by Gasteiger charge is -2.35. The van der Waals surface area contributed by atoms with Crippen LogP contribution in [0, 0.1) is 5.92 Å². The zero-order valence-electron chi connectivity index (χ0n) is 12.3. The van der Waals surface area contributed by atoms with E-state index in [0.717, 1.165) is 51.7 Å². The molecule has 3 aliphatic rings. The number of nitrogens with one attached hydrogen (secondary N) is 1. The average molecular weight is 301 g/mol. The Morgan fingerprint density at radius 2 is 1.80 bits per heavy atom.